The molecule has 5 nitrogen and oxygen atoms in total. The quantitative estimate of drug-likeness (QED) is 0.867. The fourth-order valence-corrected chi connectivity index (χ4v) is 1.85. The highest BCUT2D eigenvalue weighted by Crippen LogP contribution is 2.36. The summed E-state index contributed by atoms with van der Waals surface area (Å²) in [6, 6.07) is 0.543. The summed E-state index contributed by atoms with van der Waals surface area (Å²) in [4.78, 5) is 4.22. The predicted molar refractivity (Wildman–Crippen MR) is 67.9 cm³/mol. The molecule has 6 heteroatoms. The molecule has 0 spiro atoms. The summed E-state index contributed by atoms with van der Waals surface area (Å²) in [6.45, 7) is 3.81. The third-order valence-corrected chi connectivity index (χ3v) is 5.44. The van der Waals surface area contributed by atoms with Gasteiger partial charge >= 0.3 is 0 Å². The van der Waals surface area contributed by atoms with Crippen LogP contribution in [0.4, 0.5) is 5.95 Å². The number of sulfone groups is 1. The smallest absolute Gasteiger partial charge is 0.203 e. The van der Waals surface area contributed by atoms with Crippen molar-refractivity contribution < 1.29 is 8.42 Å². The first-order chi connectivity index (χ1) is 7.81. The van der Waals surface area contributed by atoms with Crippen LogP contribution >= 0.6 is 0 Å². The normalized spacial score (nSPS) is 17.1. The van der Waals surface area contributed by atoms with E-state index in [1.807, 2.05) is 6.20 Å². The standard InChI is InChI=1S/C11H19N3O2S/c1-11(2,17(3,15)16)8-13-10-12-6-7-14(10)9-4-5-9/h6-7,9H,4-5,8H2,1-3H3,(H,12,13). The summed E-state index contributed by atoms with van der Waals surface area (Å²) in [5, 5.41) is 3.13. The van der Waals surface area contributed by atoms with Crippen LogP contribution in [0.2, 0.25) is 0 Å². The van der Waals surface area contributed by atoms with Gasteiger partial charge in [0.1, 0.15) is 0 Å². The van der Waals surface area contributed by atoms with Gasteiger partial charge in [-0.3, -0.25) is 0 Å². The van der Waals surface area contributed by atoms with Crippen molar-refractivity contribution in [3.63, 3.8) is 0 Å². The molecule has 0 bridgehead atoms. The number of aromatic nitrogens is 2. The number of rotatable bonds is 5. The first-order valence-corrected chi connectivity index (χ1v) is 7.67. The van der Waals surface area contributed by atoms with Crippen molar-refractivity contribution in [1.82, 2.24) is 9.55 Å². The van der Waals surface area contributed by atoms with Gasteiger partial charge in [0.25, 0.3) is 0 Å². The van der Waals surface area contributed by atoms with Gasteiger partial charge in [-0.05, 0) is 26.7 Å². The Morgan fingerprint density at radius 3 is 2.71 bits per heavy atom. The first kappa shape index (κ1) is 12.4. The maximum atomic E-state index is 11.6. The van der Waals surface area contributed by atoms with Gasteiger partial charge in [0, 0.05) is 31.2 Å². The Kier molecular flexibility index (Phi) is 2.93. The third-order valence-electron chi connectivity index (χ3n) is 3.28. The molecule has 96 valence electrons. The van der Waals surface area contributed by atoms with Crippen molar-refractivity contribution >= 4 is 15.8 Å². The molecule has 1 saturated carbocycles. The molecule has 1 aliphatic rings. The van der Waals surface area contributed by atoms with Crippen LogP contribution in [0.15, 0.2) is 12.4 Å². The first-order valence-electron chi connectivity index (χ1n) is 5.77. The van der Waals surface area contributed by atoms with E-state index >= 15 is 0 Å². The maximum Gasteiger partial charge on any atom is 0.203 e. The molecule has 1 aliphatic carbocycles. The molecule has 1 fully saturated rings. The molecule has 0 aromatic carbocycles. The van der Waals surface area contributed by atoms with Crippen molar-refractivity contribution in [3.05, 3.63) is 12.4 Å². The zero-order valence-electron chi connectivity index (χ0n) is 10.5. The predicted octanol–water partition coefficient (Wildman–Crippen LogP) is 1.45. The van der Waals surface area contributed by atoms with E-state index in [0.29, 0.717) is 12.6 Å². The lowest BCUT2D eigenvalue weighted by atomic mass is 10.2. The Morgan fingerprint density at radius 1 is 1.53 bits per heavy atom. The molecule has 0 radical (unpaired) electrons. The number of nitrogens with zero attached hydrogens (tertiary/aromatic N) is 2. The van der Waals surface area contributed by atoms with Crippen molar-refractivity contribution in [1.29, 1.82) is 0 Å². The molecule has 1 aromatic heterocycles. The van der Waals surface area contributed by atoms with Gasteiger partial charge in [-0.25, -0.2) is 13.4 Å². The average Bonchev–Trinajstić information content (AvgIpc) is 2.93. The van der Waals surface area contributed by atoms with E-state index in [9.17, 15) is 8.42 Å². The third kappa shape index (κ3) is 2.62. The molecule has 0 amide bonds. The molecule has 0 aliphatic heterocycles. The van der Waals surface area contributed by atoms with E-state index in [-0.39, 0.29) is 0 Å². The van der Waals surface area contributed by atoms with Crippen LogP contribution in [0.5, 0.6) is 0 Å². The van der Waals surface area contributed by atoms with Crippen LogP contribution < -0.4 is 5.32 Å². The largest absolute Gasteiger partial charge is 0.354 e. The fourth-order valence-electron chi connectivity index (χ4n) is 1.52. The van der Waals surface area contributed by atoms with E-state index in [4.69, 9.17) is 0 Å². The zero-order valence-corrected chi connectivity index (χ0v) is 11.3. The van der Waals surface area contributed by atoms with Crippen LogP contribution in [-0.2, 0) is 9.84 Å². The monoisotopic (exact) mass is 257 g/mol. The van der Waals surface area contributed by atoms with E-state index in [1.165, 1.54) is 19.1 Å². The summed E-state index contributed by atoms with van der Waals surface area (Å²) < 4.78 is 24.5. The lowest BCUT2D eigenvalue weighted by molar-refractivity contribution is 0.558. The van der Waals surface area contributed by atoms with Crippen LogP contribution in [0, 0.1) is 0 Å². The van der Waals surface area contributed by atoms with Gasteiger partial charge in [-0.2, -0.15) is 0 Å². The Hall–Kier alpha value is -1.04. The highest BCUT2D eigenvalue weighted by atomic mass is 32.2. The van der Waals surface area contributed by atoms with E-state index < -0.39 is 14.6 Å². The number of hydrogen-bond acceptors (Lipinski definition) is 4. The molecule has 0 atom stereocenters. The molecule has 0 unspecified atom stereocenters. The number of nitrogens with one attached hydrogen (secondary N) is 1. The van der Waals surface area contributed by atoms with E-state index in [1.54, 1.807) is 20.0 Å². The number of imidazole rings is 1. The molecular formula is C11H19N3O2S. The maximum absolute atomic E-state index is 11.6. The topological polar surface area (TPSA) is 64.0 Å². The Labute approximate surface area is 102 Å². The van der Waals surface area contributed by atoms with Crippen molar-refractivity contribution in [2.45, 2.75) is 37.5 Å². The lowest BCUT2D eigenvalue weighted by Crippen LogP contribution is -2.38. The fraction of sp³-hybridized carbons (Fsp3) is 0.727. The summed E-state index contributed by atoms with van der Waals surface area (Å²) >= 11 is 0. The number of anilines is 1. The van der Waals surface area contributed by atoms with Crippen molar-refractivity contribution in [3.8, 4) is 0 Å². The zero-order chi connectivity index (χ0) is 12.7. The number of hydrogen-bond donors (Lipinski definition) is 1. The van der Waals surface area contributed by atoms with Crippen molar-refractivity contribution in [2.24, 2.45) is 0 Å². The van der Waals surface area contributed by atoms with Crippen LogP contribution in [0.3, 0.4) is 0 Å². The summed E-state index contributed by atoms with van der Waals surface area (Å²) in [6.07, 6.45) is 7.31. The van der Waals surface area contributed by atoms with Gasteiger partial charge in [-0.1, -0.05) is 0 Å². The van der Waals surface area contributed by atoms with Gasteiger partial charge in [0.2, 0.25) is 5.95 Å². The van der Waals surface area contributed by atoms with E-state index in [2.05, 4.69) is 14.9 Å². The van der Waals surface area contributed by atoms with Gasteiger partial charge < -0.3 is 9.88 Å². The average molecular weight is 257 g/mol. The highest BCUT2D eigenvalue weighted by molar-refractivity contribution is 7.92. The van der Waals surface area contributed by atoms with Crippen LogP contribution in [0.25, 0.3) is 0 Å². The summed E-state index contributed by atoms with van der Waals surface area (Å²) in [5.41, 5.74) is 0. The molecule has 2 rings (SSSR count). The van der Waals surface area contributed by atoms with Crippen LogP contribution in [0.1, 0.15) is 32.7 Å². The molecular weight excluding hydrogens is 238 g/mol. The van der Waals surface area contributed by atoms with Gasteiger partial charge in [-0.15, -0.1) is 0 Å². The summed E-state index contributed by atoms with van der Waals surface area (Å²) in [5.74, 6) is 0.768. The minimum atomic E-state index is -3.07. The Balaban J connectivity index is 2.05. The van der Waals surface area contributed by atoms with Crippen LogP contribution in [-0.4, -0.2) is 35.5 Å². The molecule has 17 heavy (non-hydrogen) atoms. The molecule has 1 aromatic rings. The molecule has 1 N–H and O–H groups in total. The SMILES string of the molecule is CC(C)(CNc1nccn1C1CC1)S(C)(=O)=O. The molecule has 0 saturated heterocycles. The lowest BCUT2D eigenvalue weighted by Gasteiger charge is -2.23. The minimum absolute atomic E-state index is 0.371. The minimum Gasteiger partial charge on any atom is -0.354 e. The van der Waals surface area contributed by atoms with Gasteiger partial charge in [0.15, 0.2) is 9.84 Å². The van der Waals surface area contributed by atoms with Gasteiger partial charge in [0.05, 0.1) is 4.75 Å². The summed E-state index contributed by atoms with van der Waals surface area (Å²) in [7, 11) is -3.07. The second-order valence-corrected chi connectivity index (χ2v) is 7.92. The van der Waals surface area contributed by atoms with Crippen molar-refractivity contribution in [2.75, 3.05) is 18.1 Å². The van der Waals surface area contributed by atoms with E-state index in [0.717, 1.165) is 5.95 Å². The Bertz CT molecular complexity index is 501. The Morgan fingerprint density at radius 2 is 2.18 bits per heavy atom. The highest BCUT2D eigenvalue weighted by Gasteiger charge is 2.31. The second-order valence-electron chi connectivity index (χ2n) is 5.27. The molecule has 1 heterocycles. The second kappa shape index (κ2) is 4.01.